The molecule has 6 heteroatoms. The number of pyridine rings is 1. The van der Waals surface area contributed by atoms with Gasteiger partial charge in [0, 0.05) is 17.1 Å². The zero-order valence-electron chi connectivity index (χ0n) is 6.40. The molecule has 0 aliphatic heterocycles. The molecule has 0 bridgehead atoms. The molecule has 1 aromatic heterocycles. The molecule has 1 aromatic rings. The Hall–Kier alpha value is -0.620. The van der Waals surface area contributed by atoms with Crippen LogP contribution in [-0.2, 0) is 6.54 Å². The van der Waals surface area contributed by atoms with Crippen LogP contribution in [0.25, 0.3) is 0 Å². The van der Waals surface area contributed by atoms with E-state index >= 15 is 0 Å². The van der Waals surface area contributed by atoms with Gasteiger partial charge < -0.3 is 5.73 Å². The Balaban J connectivity index is 3.30. The van der Waals surface area contributed by atoms with Gasteiger partial charge in [-0.2, -0.15) is 4.39 Å². The molecule has 0 radical (unpaired) electrons. The summed E-state index contributed by atoms with van der Waals surface area (Å²) >= 11 is 2.82. The highest BCUT2D eigenvalue weighted by molar-refractivity contribution is 9.10. The number of aromatic nitrogens is 1. The second-order valence-corrected chi connectivity index (χ2v) is 3.15. The fourth-order valence-corrected chi connectivity index (χ4v) is 1.52. The molecule has 0 aliphatic rings. The molecule has 13 heavy (non-hydrogen) atoms. The van der Waals surface area contributed by atoms with Crippen molar-refractivity contribution in [2.24, 2.45) is 5.73 Å². The number of nitrogens with zero attached hydrogens (tertiary/aromatic N) is 1. The summed E-state index contributed by atoms with van der Waals surface area (Å²) in [4.78, 5) is 3.27. The van der Waals surface area contributed by atoms with Crippen molar-refractivity contribution >= 4 is 15.9 Å². The van der Waals surface area contributed by atoms with E-state index in [1.165, 1.54) is 0 Å². The summed E-state index contributed by atoms with van der Waals surface area (Å²) in [5, 5.41) is 0. The van der Waals surface area contributed by atoms with Gasteiger partial charge in [0.15, 0.2) is 0 Å². The van der Waals surface area contributed by atoms with Crippen LogP contribution in [0.3, 0.4) is 0 Å². The van der Waals surface area contributed by atoms with Crippen LogP contribution in [0.1, 0.15) is 17.7 Å². The molecule has 0 unspecified atom stereocenters. The van der Waals surface area contributed by atoms with Gasteiger partial charge in [0.05, 0.1) is 11.3 Å². The van der Waals surface area contributed by atoms with Crippen LogP contribution < -0.4 is 5.73 Å². The summed E-state index contributed by atoms with van der Waals surface area (Å²) in [6.45, 7) is -0.212. The number of nitrogens with two attached hydrogens (primary N) is 1. The topological polar surface area (TPSA) is 38.9 Å². The molecule has 1 heterocycles. The Bertz CT molecular complexity index is 317. The van der Waals surface area contributed by atoms with Crippen LogP contribution in [0.5, 0.6) is 0 Å². The highest BCUT2D eigenvalue weighted by Crippen LogP contribution is 2.29. The summed E-state index contributed by atoms with van der Waals surface area (Å²) in [6, 6.07) is 0.890. The average molecular weight is 255 g/mol. The molecule has 0 amide bonds. The minimum absolute atomic E-state index is 0.00421. The number of halogens is 4. The standard InChI is InChI=1S/C7H6BrF3N2/c8-3-1-5(9)13-4(2-12)6(3)7(10)11/h1,7H,2,12H2. The quantitative estimate of drug-likeness (QED) is 0.824. The second-order valence-electron chi connectivity index (χ2n) is 2.29. The van der Waals surface area contributed by atoms with Crippen molar-refractivity contribution in [3.05, 3.63) is 27.7 Å². The molecule has 2 N–H and O–H groups in total. The van der Waals surface area contributed by atoms with Crippen molar-refractivity contribution in [3.8, 4) is 0 Å². The molecule has 0 saturated carbocycles. The minimum Gasteiger partial charge on any atom is -0.325 e. The van der Waals surface area contributed by atoms with Crippen molar-refractivity contribution in [3.63, 3.8) is 0 Å². The van der Waals surface area contributed by atoms with Gasteiger partial charge >= 0.3 is 0 Å². The van der Waals surface area contributed by atoms with Gasteiger partial charge in [0.1, 0.15) is 0 Å². The van der Waals surface area contributed by atoms with E-state index in [-0.39, 0.29) is 22.3 Å². The van der Waals surface area contributed by atoms with Gasteiger partial charge in [-0.15, -0.1) is 0 Å². The third-order valence-electron chi connectivity index (χ3n) is 1.47. The number of hydrogen-bond acceptors (Lipinski definition) is 2. The molecule has 1 rings (SSSR count). The van der Waals surface area contributed by atoms with Crippen LogP contribution in [0.15, 0.2) is 10.5 Å². The van der Waals surface area contributed by atoms with E-state index in [1.54, 1.807) is 0 Å². The second kappa shape index (κ2) is 4.06. The lowest BCUT2D eigenvalue weighted by Gasteiger charge is -2.07. The van der Waals surface area contributed by atoms with Crippen LogP contribution in [0.4, 0.5) is 13.2 Å². The SMILES string of the molecule is NCc1nc(F)cc(Br)c1C(F)F. The Morgan fingerprint density at radius 3 is 2.62 bits per heavy atom. The zero-order valence-corrected chi connectivity index (χ0v) is 7.98. The van der Waals surface area contributed by atoms with Gasteiger partial charge in [0.25, 0.3) is 6.43 Å². The average Bonchev–Trinajstić information content (AvgIpc) is 2.01. The van der Waals surface area contributed by atoms with Gasteiger partial charge in [0.2, 0.25) is 5.95 Å². The molecule has 72 valence electrons. The molecule has 0 fully saturated rings. The van der Waals surface area contributed by atoms with Crippen molar-refractivity contribution < 1.29 is 13.2 Å². The first-order valence-electron chi connectivity index (χ1n) is 3.39. The smallest absolute Gasteiger partial charge is 0.266 e. The van der Waals surface area contributed by atoms with Crippen LogP contribution >= 0.6 is 15.9 Å². The van der Waals surface area contributed by atoms with E-state index in [4.69, 9.17) is 5.73 Å². The first-order valence-corrected chi connectivity index (χ1v) is 4.18. The summed E-state index contributed by atoms with van der Waals surface area (Å²) in [7, 11) is 0. The van der Waals surface area contributed by atoms with Crippen molar-refractivity contribution in [1.29, 1.82) is 0 Å². The maximum atomic E-state index is 12.6. The van der Waals surface area contributed by atoms with Gasteiger partial charge in [-0.25, -0.2) is 13.8 Å². The molecule has 0 atom stereocenters. The maximum absolute atomic E-state index is 12.6. The first kappa shape index (κ1) is 10.5. The maximum Gasteiger partial charge on any atom is 0.266 e. The largest absolute Gasteiger partial charge is 0.325 e. The van der Waals surface area contributed by atoms with E-state index < -0.39 is 12.4 Å². The lowest BCUT2D eigenvalue weighted by molar-refractivity contribution is 0.148. The molecular formula is C7H6BrF3N2. The molecule has 0 spiro atoms. The summed E-state index contributed by atoms with van der Waals surface area (Å²) in [5.74, 6) is -0.822. The number of hydrogen-bond donors (Lipinski definition) is 1. The molecular weight excluding hydrogens is 249 g/mol. The number of rotatable bonds is 2. The molecule has 0 aliphatic carbocycles. The van der Waals surface area contributed by atoms with Crippen molar-refractivity contribution in [2.45, 2.75) is 13.0 Å². The molecule has 0 saturated heterocycles. The zero-order chi connectivity index (χ0) is 10.0. The van der Waals surface area contributed by atoms with Gasteiger partial charge in [-0.1, -0.05) is 15.9 Å². The molecule has 2 nitrogen and oxygen atoms in total. The van der Waals surface area contributed by atoms with E-state index in [1.807, 2.05) is 0 Å². The Labute approximate surface area is 81.1 Å². The van der Waals surface area contributed by atoms with E-state index in [0.717, 1.165) is 6.07 Å². The van der Waals surface area contributed by atoms with Crippen molar-refractivity contribution in [1.82, 2.24) is 4.98 Å². The summed E-state index contributed by atoms with van der Waals surface area (Å²) in [5.41, 5.74) is 4.68. The minimum atomic E-state index is -2.71. The summed E-state index contributed by atoms with van der Waals surface area (Å²) < 4.78 is 37.3. The normalized spacial score (nSPS) is 10.9. The van der Waals surface area contributed by atoms with Crippen LogP contribution in [0.2, 0.25) is 0 Å². The fraction of sp³-hybridized carbons (Fsp3) is 0.286. The lowest BCUT2D eigenvalue weighted by atomic mass is 10.2. The monoisotopic (exact) mass is 254 g/mol. The predicted molar refractivity (Wildman–Crippen MR) is 44.7 cm³/mol. The fourth-order valence-electron chi connectivity index (χ4n) is 0.927. The summed E-state index contributed by atoms with van der Waals surface area (Å²) in [6.07, 6.45) is -2.71. The van der Waals surface area contributed by atoms with Gasteiger partial charge in [-0.3, -0.25) is 0 Å². The Kier molecular flexibility index (Phi) is 3.27. The predicted octanol–water partition coefficient (Wildman–Crippen LogP) is 2.38. The van der Waals surface area contributed by atoms with E-state index in [0.29, 0.717) is 0 Å². The van der Waals surface area contributed by atoms with Crippen molar-refractivity contribution in [2.75, 3.05) is 0 Å². The Morgan fingerprint density at radius 2 is 2.15 bits per heavy atom. The highest BCUT2D eigenvalue weighted by atomic mass is 79.9. The Morgan fingerprint density at radius 1 is 1.54 bits per heavy atom. The third kappa shape index (κ3) is 2.19. The van der Waals surface area contributed by atoms with Crippen LogP contribution in [-0.4, -0.2) is 4.98 Å². The third-order valence-corrected chi connectivity index (χ3v) is 2.12. The van der Waals surface area contributed by atoms with E-state index in [2.05, 4.69) is 20.9 Å². The first-order chi connectivity index (χ1) is 6.06. The number of alkyl halides is 2. The van der Waals surface area contributed by atoms with Crippen LogP contribution in [0, 0.1) is 5.95 Å². The van der Waals surface area contributed by atoms with Gasteiger partial charge in [-0.05, 0) is 0 Å². The van der Waals surface area contributed by atoms with E-state index in [9.17, 15) is 13.2 Å². The lowest BCUT2D eigenvalue weighted by Crippen LogP contribution is -2.07. The molecule has 0 aromatic carbocycles. The highest BCUT2D eigenvalue weighted by Gasteiger charge is 2.18.